The Hall–Kier alpha value is -4.70. The van der Waals surface area contributed by atoms with Gasteiger partial charge < -0.3 is 9.11 Å². The Morgan fingerprint density at radius 1 is 0.362 bits per heavy atom. The van der Waals surface area contributed by atoms with E-state index in [4.69, 9.17) is 0 Å². The minimum absolute atomic E-state index is 0. The van der Waals surface area contributed by atoms with Gasteiger partial charge in [-0.15, -0.1) is 0 Å². The summed E-state index contributed by atoms with van der Waals surface area (Å²) in [5, 5.41) is 2.46. The topological polar surface area (TPSA) is 166 Å². The molecule has 0 saturated carbocycles. The average Bonchev–Trinajstić information content (AvgIpc) is 3.19. The molecule has 4 heterocycles. The number of nitrogens with zero attached hydrogens (tertiary/aromatic N) is 4. The van der Waals surface area contributed by atoms with Crippen LogP contribution < -0.4 is 0 Å². The zero-order valence-corrected chi connectivity index (χ0v) is 36.6. The molecule has 0 N–H and O–H groups in total. The van der Waals surface area contributed by atoms with Crippen molar-refractivity contribution < 1.29 is 70.7 Å². The van der Waals surface area contributed by atoms with Gasteiger partial charge in [-0.05, 0) is 108 Å². The number of hydrogen-bond donors (Lipinski definition) is 0. The predicted molar refractivity (Wildman–Crippen MR) is 220 cm³/mol. The van der Waals surface area contributed by atoms with Gasteiger partial charge in [0.15, 0.2) is 0 Å². The van der Waals surface area contributed by atoms with E-state index in [1.54, 1.807) is 97.6 Å². The summed E-state index contributed by atoms with van der Waals surface area (Å²) >= 11 is 0. The number of pyridine rings is 4. The quantitative estimate of drug-likeness (QED) is 0.121. The zero-order valence-electron chi connectivity index (χ0n) is 32.0. The van der Waals surface area contributed by atoms with Crippen LogP contribution >= 0.6 is 0 Å². The molecule has 58 heavy (non-hydrogen) atoms. The molecular formula is C44H42Ag2N4O6S2. The van der Waals surface area contributed by atoms with E-state index >= 15 is 0 Å². The van der Waals surface area contributed by atoms with Gasteiger partial charge in [0.05, 0.1) is 9.79 Å². The predicted octanol–water partition coefficient (Wildman–Crippen LogP) is 9.04. The molecule has 0 bridgehead atoms. The van der Waals surface area contributed by atoms with Crippen LogP contribution in [0.3, 0.4) is 0 Å². The molecular weight excluding hydrogens is 960 g/mol. The first kappa shape index (κ1) is 51.3. The molecule has 0 saturated heterocycles. The maximum Gasteiger partial charge on any atom is 1.00 e. The van der Waals surface area contributed by atoms with Crippen LogP contribution in [0.4, 0.5) is 0 Å². The second-order valence-corrected chi connectivity index (χ2v) is 14.7. The van der Waals surface area contributed by atoms with Crippen molar-refractivity contribution in [3.63, 3.8) is 0 Å². The first-order chi connectivity index (χ1) is 26.8. The van der Waals surface area contributed by atoms with Crippen LogP contribution in [-0.4, -0.2) is 45.9 Å². The van der Waals surface area contributed by atoms with Crippen molar-refractivity contribution in [2.75, 3.05) is 0 Å². The van der Waals surface area contributed by atoms with Gasteiger partial charge >= 0.3 is 44.8 Å². The fourth-order valence-corrected chi connectivity index (χ4v) is 6.02. The fourth-order valence-electron chi connectivity index (χ4n) is 4.62. The van der Waals surface area contributed by atoms with Crippen LogP contribution in [0.2, 0.25) is 0 Å². The van der Waals surface area contributed by atoms with Crippen molar-refractivity contribution in [1.82, 2.24) is 19.9 Å². The maximum absolute atomic E-state index is 10.9. The summed E-state index contributed by atoms with van der Waals surface area (Å²) in [6.07, 6.45) is 14.4. The average molecular weight is 1000 g/mol. The summed E-state index contributed by atoms with van der Waals surface area (Å²) in [5.74, 6) is 0. The smallest absolute Gasteiger partial charge is 0.744 e. The number of fused-ring (bicyclic) bond motifs is 2. The number of hydrogen-bond acceptors (Lipinski definition) is 10. The van der Waals surface area contributed by atoms with Crippen molar-refractivity contribution in [3.8, 4) is 0 Å². The van der Waals surface area contributed by atoms with Crippen molar-refractivity contribution in [2.45, 2.75) is 37.5 Å². The first-order valence-corrected chi connectivity index (χ1v) is 19.9. The van der Waals surface area contributed by atoms with E-state index in [-0.39, 0.29) is 54.6 Å². The van der Waals surface area contributed by atoms with Crippen LogP contribution in [0.25, 0.3) is 21.5 Å². The monoisotopic (exact) mass is 1000 g/mol. The van der Waals surface area contributed by atoms with Crippen molar-refractivity contribution in [2.24, 2.45) is 0 Å². The Morgan fingerprint density at radius 2 is 0.621 bits per heavy atom. The van der Waals surface area contributed by atoms with Crippen LogP contribution in [0, 0.1) is 27.7 Å². The second-order valence-electron chi connectivity index (χ2n) is 12.0. The van der Waals surface area contributed by atoms with E-state index in [0.29, 0.717) is 10.8 Å². The Morgan fingerprint density at radius 3 is 0.828 bits per heavy atom. The molecule has 308 valence electrons. The number of aryl methyl sites for hydroxylation is 4. The van der Waals surface area contributed by atoms with Crippen LogP contribution in [-0.2, 0) is 65.0 Å². The van der Waals surface area contributed by atoms with Gasteiger partial charge in [0.1, 0.15) is 20.2 Å². The van der Waals surface area contributed by atoms with E-state index in [1.165, 1.54) is 34.4 Å². The van der Waals surface area contributed by atoms with Crippen LogP contribution in [0.15, 0.2) is 193 Å². The summed E-state index contributed by atoms with van der Waals surface area (Å²) in [6, 6.07) is 38.9. The van der Waals surface area contributed by atoms with Gasteiger partial charge in [0.2, 0.25) is 0 Å². The third-order valence-corrected chi connectivity index (χ3v) is 9.06. The molecule has 0 spiro atoms. The Labute approximate surface area is 372 Å². The third-order valence-electron chi connectivity index (χ3n) is 7.28. The van der Waals surface area contributed by atoms with Gasteiger partial charge in [-0.3, -0.25) is 19.9 Å². The molecule has 0 atom stereocenters. The van der Waals surface area contributed by atoms with E-state index in [9.17, 15) is 25.9 Å². The molecule has 14 heteroatoms. The SMILES string of the molecule is Cc1cccnc1.Cc1cccnc1.Cc1cccnc1.Cc1cccnc1.O=S(=O)([O-])c1cccc2ccccc12.O=S(=O)([O-])c1cccc2ccccc12.[Ag+].[Ag+]. The minimum atomic E-state index is -4.38. The molecule has 0 radical (unpaired) electrons. The zero-order chi connectivity index (χ0) is 40.8. The maximum atomic E-state index is 10.9. The molecule has 0 fully saturated rings. The molecule has 0 aliphatic heterocycles. The second kappa shape index (κ2) is 27.1. The number of rotatable bonds is 2. The van der Waals surface area contributed by atoms with Crippen LogP contribution in [0.5, 0.6) is 0 Å². The van der Waals surface area contributed by atoms with Gasteiger partial charge in [-0.1, -0.05) is 97.1 Å². The molecule has 10 nitrogen and oxygen atoms in total. The summed E-state index contributed by atoms with van der Waals surface area (Å²) < 4.78 is 65.3. The van der Waals surface area contributed by atoms with Gasteiger partial charge in [0.25, 0.3) is 0 Å². The van der Waals surface area contributed by atoms with Crippen LogP contribution in [0.1, 0.15) is 22.3 Å². The van der Waals surface area contributed by atoms with E-state index in [1.807, 2.05) is 101 Å². The molecule has 0 unspecified atom stereocenters. The molecule has 0 aliphatic carbocycles. The fraction of sp³-hybridized carbons (Fsp3) is 0.0909. The standard InChI is InChI=1S/2C10H8O3S.4C6H7N.2Ag/c2*11-14(12,13)10-7-3-5-8-4-1-2-6-9(8)10;4*1-6-3-2-4-7-5-6;;/h2*1-7H,(H,11,12,13);4*2-5H,1H3;;/q;;;;;;2*+1/p-2. The molecule has 4 aromatic carbocycles. The summed E-state index contributed by atoms with van der Waals surface area (Å²) in [6.45, 7) is 8.08. The summed E-state index contributed by atoms with van der Waals surface area (Å²) in [5.41, 5.74) is 4.84. The largest absolute Gasteiger partial charge is 1.00 e. The molecule has 8 rings (SSSR count). The molecule has 0 amide bonds. The number of aromatic nitrogens is 4. The normalized spacial score (nSPS) is 9.90. The molecule has 8 aromatic rings. The van der Waals surface area contributed by atoms with Gasteiger partial charge in [-0.2, -0.15) is 0 Å². The van der Waals surface area contributed by atoms with Gasteiger partial charge in [-0.25, -0.2) is 16.8 Å². The van der Waals surface area contributed by atoms with Crippen molar-refractivity contribution in [1.29, 1.82) is 0 Å². The summed E-state index contributed by atoms with van der Waals surface area (Å²) in [7, 11) is -8.76. The molecule has 4 aromatic heterocycles. The Bertz CT molecular complexity index is 2310. The van der Waals surface area contributed by atoms with Crippen molar-refractivity contribution >= 4 is 41.8 Å². The van der Waals surface area contributed by atoms with Crippen molar-refractivity contribution in [3.05, 3.63) is 205 Å². The van der Waals surface area contributed by atoms with E-state index in [2.05, 4.69) is 19.9 Å². The Balaban J connectivity index is 0.000000357. The minimum Gasteiger partial charge on any atom is -0.744 e. The summed E-state index contributed by atoms with van der Waals surface area (Å²) in [4.78, 5) is 15.2. The third kappa shape index (κ3) is 19.6. The Kier molecular flexibility index (Phi) is 24.0. The van der Waals surface area contributed by atoms with Gasteiger partial charge in [0, 0.05) is 49.6 Å². The number of benzene rings is 4. The van der Waals surface area contributed by atoms with E-state index in [0.717, 1.165) is 10.8 Å². The first-order valence-electron chi connectivity index (χ1n) is 17.1. The van der Waals surface area contributed by atoms with E-state index < -0.39 is 20.2 Å². The molecule has 0 aliphatic rings.